The summed E-state index contributed by atoms with van der Waals surface area (Å²) in [5.74, 6) is -4.10. The molecule has 0 aliphatic rings. The monoisotopic (exact) mass is 213 g/mol. The number of halogens is 3. The van der Waals surface area contributed by atoms with Gasteiger partial charge in [0.05, 0.1) is 0 Å². The van der Waals surface area contributed by atoms with E-state index in [1.165, 1.54) is 6.92 Å². The van der Waals surface area contributed by atoms with Crippen LogP contribution in [0.5, 0.6) is 0 Å². The fraction of sp³-hybridized carbons (Fsp3) is 0.875. The zero-order valence-corrected chi connectivity index (χ0v) is 8.06. The Bertz CT molecular complexity index is 194. The van der Waals surface area contributed by atoms with Crippen LogP contribution in [0.25, 0.3) is 0 Å². The van der Waals surface area contributed by atoms with Crippen LogP contribution < -0.4 is 5.32 Å². The maximum atomic E-state index is 12.2. The van der Waals surface area contributed by atoms with Crippen molar-refractivity contribution in [3.63, 3.8) is 0 Å². The normalized spacial score (nSPS) is 16.4. The Kier molecular flexibility index (Phi) is 4.90. The van der Waals surface area contributed by atoms with Crippen LogP contribution in [0.4, 0.5) is 13.2 Å². The second kappa shape index (κ2) is 5.19. The molecule has 2 atom stereocenters. The molecule has 14 heavy (non-hydrogen) atoms. The molecule has 0 saturated heterocycles. The van der Waals surface area contributed by atoms with E-state index in [1.54, 1.807) is 6.92 Å². The van der Waals surface area contributed by atoms with Crippen molar-refractivity contribution in [3.8, 4) is 0 Å². The van der Waals surface area contributed by atoms with Crippen molar-refractivity contribution < 1.29 is 23.1 Å². The number of carbonyl (C=O) groups is 1. The average molecular weight is 213 g/mol. The summed E-state index contributed by atoms with van der Waals surface area (Å²) in [6, 6.07) is -0.456. The molecule has 0 spiro atoms. The first-order chi connectivity index (χ1) is 6.29. The molecular weight excluding hydrogens is 199 g/mol. The third kappa shape index (κ3) is 4.45. The fourth-order valence-corrected chi connectivity index (χ4v) is 1.16. The van der Waals surface area contributed by atoms with Crippen molar-refractivity contribution in [1.29, 1.82) is 0 Å². The highest BCUT2D eigenvalue weighted by atomic mass is 19.4. The summed E-state index contributed by atoms with van der Waals surface area (Å²) in [7, 11) is 0. The number of aliphatic carboxylic acids is 1. The van der Waals surface area contributed by atoms with E-state index in [-0.39, 0.29) is 0 Å². The second-order valence-electron chi connectivity index (χ2n) is 3.13. The molecular formula is C8H14F3NO2. The van der Waals surface area contributed by atoms with Crippen LogP contribution in [0.15, 0.2) is 0 Å². The molecule has 2 N–H and O–H groups in total. The number of hydrogen-bond acceptors (Lipinski definition) is 2. The number of alkyl halides is 3. The topological polar surface area (TPSA) is 49.3 Å². The summed E-state index contributed by atoms with van der Waals surface area (Å²) in [5, 5.41) is 11.1. The van der Waals surface area contributed by atoms with E-state index in [9.17, 15) is 18.0 Å². The number of hydrogen-bond donors (Lipinski definition) is 2. The number of carboxylic acid groups (broad SMARTS) is 1. The van der Waals surface area contributed by atoms with Crippen LogP contribution >= 0.6 is 0 Å². The van der Waals surface area contributed by atoms with Gasteiger partial charge in [-0.2, -0.15) is 13.2 Å². The van der Waals surface area contributed by atoms with E-state index in [0.717, 1.165) is 0 Å². The first-order valence-corrected chi connectivity index (χ1v) is 4.32. The first kappa shape index (κ1) is 13.2. The number of nitrogens with one attached hydrogen (secondary N) is 1. The Labute approximate surface area is 80.3 Å². The smallest absolute Gasteiger partial charge is 0.402 e. The zero-order valence-electron chi connectivity index (χ0n) is 8.06. The van der Waals surface area contributed by atoms with E-state index in [2.05, 4.69) is 5.32 Å². The van der Waals surface area contributed by atoms with Crippen molar-refractivity contribution >= 4 is 5.97 Å². The Hall–Kier alpha value is -0.780. The molecule has 0 aliphatic heterocycles. The third-order valence-electron chi connectivity index (χ3n) is 1.84. The van der Waals surface area contributed by atoms with E-state index < -0.39 is 30.5 Å². The van der Waals surface area contributed by atoms with Gasteiger partial charge in [-0.15, -0.1) is 0 Å². The molecule has 84 valence electrons. The van der Waals surface area contributed by atoms with E-state index >= 15 is 0 Å². The lowest BCUT2D eigenvalue weighted by Crippen LogP contribution is -2.37. The zero-order chi connectivity index (χ0) is 11.4. The van der Waals surface area contributed by atoms with Gasteiger partial charge in [-0.05, 0) is 19.9 Å². The van der Waals surface area contributed by atoms with Crippen LogP contribution in [-0.2, 0) is 4.79 Å². The van der Waals surface area contributed by atoms with Gasteiger partial charge < -0.3 is 10.4 Å². The molecule has 6 heteroatoms. The van der Waals surface area contributed by atoms with Crippen molar-refractivity contribution in [2.45, 2.75) is 32.5 Å². The molecule has 0 rings (SSSR count). The molecule has 0 saturated carbocycles. The quantitative estimate of drug-likeness (QED) is 0.729. The van der Waals surface area contributed by atoms with Crippen LogP contribution in [0.1, 0.15) is 20.3 Å². The van der Waals surface area contributed by atoms with Crippen molar-refractivity contribution in [2.75, 3.05) is 6.54 Å². The molecule has 3 nitrogen and oxygen atoms in total. The summed E-state index contributed by atoms with van der Waals surface area (Å²) in [6.45, 7) is 3.80. The Balaban J connectivity index is 4.32. The SMILES string of the molecule is CCN[C@H](C)C[C@@H](C(=O)O)C(F)(F)F. The van der Waals surface area contributed by atoms with Gasteiger partial charge in [0, 0.05) is 6.04 Å². The summed E-state index contributed by atoms with van der Waals surface area (Å²) in [5.41, 5.74) is 0. The average Bonchev–Trinajstić information content (AvgIpc) is 1.98. The van der Waals surface area contributed by atoms with Crippen molar-refractivity contribution in [1.82, 2.24) is 5.32 Å². The highest BCUT2D eigenvalue weighted by Gasteiger charge is 2.45. The van der Waals surface area contributed by atoms with E-state index in [0.29, 0.717) is 6.54 Å². The molecule has 0 unspecified atom stereocenters. The summed E-state index contributed by atoms with van der Waals surface area (Å²) in [4.78, 5) is 10.3. The lowest BCUT2D eigenvalue weighted by atomic mass is 10.0. The van der Waals surface area contributed by atoms with Gasteiger partial charge in [0.15, 0.2) is 5.92 Å². The predicted molar refractivity (Wildman–Crippen MR) is 44.9 cm³/mol. The number of carboxylic acids is 1. The molecule has 0 bridgehead atoms. The standard InChI is InChI=1S/C8H14F3NO2/c1-3-12-5(2)4-6(7(13)14)8(9,10)11/h5-6,12H,3-4H2,1-2H3,(H,13,14)/t5-,6+/m1/s1. The summed E-state index contributed by atoms with van der Waals surface area (Å²) >= 11 is 0. The van der Waals surface area contributed by atoms with Gasteiger partial charge in [0.25, 0.3) is 0 Å². The molecule has 0 aromatic heterocycles. The molecule has 0 aromatic rings. The minimum Gasteiger partial charge on any atom is -0.481 e. The van der Waals surface area contributed by atoms with Gasteiger partial charge in [0.2, 0.25) is 0 Å². The minimum absolute atomic E-state index is 0.438. The second-order valence-corrected chi connectivity index (χ2v) is 3.13. The van der Waals surface area contributed by atoms with Gasteiger partial charge in [-0.25, -0.2) is 0 Å². The Morgan fingerprint density at radius 3 is 2.29 bits per heavy atom. The predicted octanol–water partition coefficient (Wildman–Crippen LogP) is 1.64. The molecule has 0 aliphatic carbocycles. The third-order valence-corrected chi connectivity index (χ3v) is 1.84. The number of rotatable bonds is 5. The Morgan fingerprint density at radius 2 is 2.00 bits per heavy atom. The first-order valence-electron chi connectivity index (χ1n) is 4.32. The van der Waals surface area contributed by atoms with Gasteiger partial charge in [-0.3, -0.25) is 4.79 Å². The van der Waals surface area contributed by atoms with Crippen molar-refractivity contribution in [2.24, 2.45) is 5.92 Å². The van der Waals surface area contributed by atoms with Crippen molar-refractivity contribution in [3.05, 3.63) is 0 Å². The van der Waals surface area contributed by atoms with Crippen LogP contribution in [0.2, 0.25) is 0 Å². The van der Waals surface area contributed by atoms with E-state index in [1.807, 2.05) is 0 Å². The fourth-order valence-electron chi connectivity index (χ4n) is 1.16. The molecule has 0 amide bonds. The van der Waals surface area contributed by atoms with Crippen LogP contribution in [-0.4, -0.2) is 29.8 Å². The largest absolute Gasteiger partial charge is 0.481 e. The van der Waals surface area contributed by atoms with Gasteiger partial charge in [-0.1, -0.05) is 6.92 Å². The lowest BCUT2D eigenvalue weighted by Gasteiger charge is -2.20. The lowest BCUT2D eigenvalue weighted by molar-refractivity contribution is -0.195. The van der Waals surface area contributed by atoms with Crippen LogP contribution in [0.3, 0.4) is 0 Å². The summed E-state index contributed by atoms with van der Waals surface area (Å²) < 4.78 is 36.5. The van der Waals surface area contributed by atoms with E-state index in [4.69, 9.17) is 5.11 Å². The van der Waals surface area contributed by atoms with Crippen LogP contribution in [0, 0.1) is 5.92 Å². The molecule has 0 radical (unpaired) electrons. The highest BCUT2D eigenvalue weighted by Crippen LogP contribution is 2.29. The maximum Gasteiger partial charge on any atom is 0.402 e. The van der Waals surface area contributed by atoms with Gasteiger partial charge >= 0.3 is 12.1 Å². The van der Waals surface area contributed by atoms with Gasteiger partial charge in [0.1, 0.15) is 0 Å². The molecule has 0 heterocycles. The Morgan fingerprint density at radius 1 is 1.50 bits per heavy atom. The molecule has 0 aromatic carbocycles. The molecule has 0 fully saturated rings. The highest BCUT2D eigenvalue weighted by molar-refractivity contribution is 5.70. The summed E-state index contributed by atoms with van der Waals surface area (Å²) in [6.07, 6.45) is -5.11. The minimum atomic E-state index is -4.67. The maximum absolute atomic E-state index is 12.2.